The van der Waals surface area contributed by atoms with E-state index in [9.17, 15) is 17.2 Å². The van der Waals surface area contributed by atoms with Crippen molar-refractivity contribution in [3.8, 4) is 0 Å². The van der Waals surface area contributed by atoms with E-state index in [1.165, 1.54) is 0 Å². The van der Waals surface area contributed by atoms with Gasteiger partial charge in [-0.2, -0.15) is 0 Å². The molecular weight excluding hydrogens is 264 g/mol. The first-order valence-electron chi connectivity index (χ1n) is 5.49. The molecule has 1 rings (SSSR count). The average Bonchev–Trinajstić information content (AvgIpc) is 2.31. The van der Waals surface area contributed by atoms with E-state index in [0.29, 0.717) is 12.5 Å². The van der Waals surface area contributed by atoms with E-state index in [1.54, 1.807) is 6.92 Å². The molecule has 1 aromatic rings. The Morgan fingerprint density at radius 2 is 2.00 bits per heavy atom. The molecule has 7 heteroatoms. The van der Waals surface area contributed by atoms with Gasteiger partial charge in [-0.1, -0.05) is 6.92 Å². The molecule has 0 saturated heterocycles. The highest BCUT2D eigenvalue weighted by Crippen LogP contribution is 2.14. The van der Waals surface area contributed by atoms with Crippen molar-refractivity contribution in [1.82, 2.24) is 4.72 Å². The number of hydrogen-bond acceptors (Lipinski definition) is 3. The van der Waals surface area contributed by atoms with Gasteiger partial charge in [-0.25, -0.2) is 21.9 Å². The van der Waals surface area contributed by atoms with Crippen molar-refractivity contribution in [2.75, 3.05) is 6.61 Å². The third-order valence-corrected chi connectivity index (χ3v) is 4.01. The minimum Gasteiger partial charge on any atom is -0.396 e. The number of benzene rings is 1. The smallest absolute Gasteiger partial charge is 0.240 e. The Morgan fingerprint density at radius 3 is 2.50 bits per heavy atom. The second-order valence-electron chi connectivity index (χ2n) is 3.81. The summed E-state index contributed by atoms with van der Waals surface area (Å²) < 4.78 is 51.7. The molecule has 0 unspecified atom stereocenters. The quantitative estimate of drug-likeness (QED) is 0.827. The van der Waals surface area contributed by atoms with Crippen molar-refractivity contribution in [2.24, 2.45) is 0 Å². The summed E-state index contributed by atoms with van der Waals surface area (Å²) in [6.07, 6.45) is 0.753. The SMILES string of the molecule is CC[C@H](CCO)NS(=O)(=O)c1ccc(F)c(F)c1. The molecule has 2 N–H and O–H groups in total. The lowest BCUT2D eigenvalue weighted by atomic mass is 10.2. The van der Waals surface area contributed by atoms with E-state index in [2.05, 4.69) is 4.72 Å². The Balaban J connectivity index is 2.95. The summed E-state index contributed by atoms with van der Waals surface area (Å²) in [4.78, 5) is -0.335. The first kappa shape index (κ1) is 15.0. The monoisotopic (exact) mass is 279 g/mol. The van der Waals surface area contributed by atoms with Gasteiger partial charge in [0.05, 0.1) is 4.90 Å². The summed E-state index contributed by atoms with van der Waals surface area (Å²) in [7, 11) is -3.90. The Hall–Kier alpha value is -1.05. The van der Waals surface area contributed by atoms with Gasteiger partial charge < -0.3 is 5.11 Å². The highest BCUT2D eigenvalue weighted by atomic mass is 32.2. The molecule has 18 heavy (non-hydrogen) atoms. The average molecular weight is 279 g/mol. The van der Waals surface area contributed by atoms with Gasteiger partial charge in [0.15, 0.2) is 11.6 Å². The Morgan fingerprint density at radius 1 is 1.33 bits per heavy atom. The third-order valence-electron chi connectivity index (χ3n) is 2.49. The fraction of sp³-hybridized carbons (Fsp3) is 0.455. The zero-order valence-electron chi connectivity index (χ0n) is 9.86. The molecule has 102 valence electrons. The largest absolute Gasteiger partial charge is 0.396 e. The lowest BCUT2D eigenvalue weighted by Crippen LogP contribution is -2.35. The fourth-order valence-corrected chi connectivity index (χ4v) is 2.80. The summed E-state index contributed by atoms with van der Waals surface area (Å²) in [5.41, 5.74) is 0. The van der Waals surface area contributed by atoms with Crippen molar-refractivity contribution < 1.29 is 22.3 Å². The zero-order valence-corrected chi connectivity index (χ0v) is 10.7. The van der Waals surface area contributed by atoms with Crippen LogP contribution in [-0.2, 0) is 10.0 Å². The van der Waals surface area contributed by atoms with E-state index in [-0.39, 0.29) is 17.9 Å². The van der Waals surface area contributed by atoms with Crippen LogP contribution < -0.4 is 4.72 Å². The Bertz CT molecular complexity index is 505. The molecule has 0 radical (unpaired) electrons. The number of aliphatic hydroxyl groups is 1. The second-order valence-corrected chi connectivity index (χ2v) is 5.53. The molecule has 0 aromatic heterocycles. The first-order valence-corrected chi connectivity index (χ1v) is 6.97. The van der Waals surface area contributed by atoms with Gasteiger partial charge in [-0.05, 0) is 31.0 Å². The molecule has 0 fully saturated rings. The van der Waals surface area contributed by atoms with Crippen LogP contribution in [0.15, 0.2) is 23.1 Å². The predicted molar refractivity (Wildman–Crippen MR) is 62.5 cm³/mol. The van der Waals surface area contributed by atoms with Gasteiger partial charge >= 0.3 is 0 Å². The molecule has 1 aromatic carbocycles. The van der Waals surface area contributed by atoms with Gasteiger partial charge in [-0.15, -0.1) is 0 Å². The topological polar surface area (TPSA) is 66.4 Å². The van der Waals surface area contributed by atoms with Crippen molar-refractivity contribution in [3.63, 3.8) is 0 Å². The van der Waals surface area contributed by atoms with Crippen molar-refractivity contribution in [1.29, 1.82) is 0 Å². The highest BCUT2D eigenvalue weighted by molar-refractivity contribution is 7.89. The molecule has 1 atom stereocenters. The van der Waals surface area contributed by atoms with Crippen LogP contribution in [0.3, 0.4) is 0 Å². The molecule has 0 aliphatic carbocycles. The summed E-state index contributed by atoms with van der Waals surface area (Å²) in [5, 5.41) is 8.77. The molecule has 0 amide bonds. The van der Waals surface area contributed by atoms with Crippen LogP contribution in [-0.4, -0.2) is 26.2 Å². The predicted octanol–water partition coefficient (Wildman–Crippen LogP) is 1.40. The van der Waals surface area contributed by atoms with Crippen LogP contribution in [0.2, 0.25) is 0 Å². The minimum absolute atomic E-state index is 0.154. The number of hydrogen-bond donors (Lipinski definition) is 2. The van der Waals surface area contributed by atoms with Gasteiger partial charge in [-0.3, -0.25) is 0 Å². The standard InChI is InChI=1S/C11H15F2NO3S/c1-2-8(5-6-15)14-18(16,17)9-3-4-10(12)11(13)7-9/h3-4,7-8,14-15H,2,5-6H2,1H3/t8-/m1/s1. The minimum atomic E-state index is -3.90. The molecule has 0 aliphatic rings. The van der Waals surface area contributed by atoms with E-state index >= 15 is 0 Å². The van der Waals surface area contributed by atoms with Crippen LogP contribution in [0.5, 0.6) is 0 Å². The van der Waals surface area contributed by atoms with Gasteiger partial charge in [0, 0.05) is 12.6 Å². The number of halogens is 2. The van der Waals surface area contributed by atoms with E-state index in [0.717, 1.165) is 12.1 Å². The lowest BCUT2D eigenvalue weighted by molar-refractivity contribution is 0.270. The van der Waals surface area contributed by atoms with Crippen LogP contribution in [0.1, 0.15) is 19.8 Å². The van der Waals surface area contributed by atoms with Crippen molar-refractivity contribution >= 4 is 10.0 Å². The van der Waals surface area contributed by atoms with E-state index < -0.39 is 27.7 Å². The van der Waals surface area contributed by atoms with Crippen LogP contribution in [0, 0.1) is 11.6 Å². The maximum Gasteiger partial charge on any atom is 0.240 e. The number of sulfonamides is 1. The molecule has 4 nitrogen and oxygen atoms in total. The number of nitrogens with one attached hydrogen (secondary N) is 1. The highest BCUT2D eigenvalue weighted by Gasteiger charge is 2.20. The Kier molecular flexibility index (Phi) is 5.18. The maximum atomic E-state index is 13.0. The van der Waals surface area contributed by atoms with E-state index in [4.69, 9.17) is 5.11 Å². The Labute approximate surface area is 105 Å². The summed E-state index contributed by atoms with van der Waals surface area (Å²) in [6.45, 7) is 1.60. The molecule has 0 heterocycles. The van der Waals surface area contributed by atoms with Crippen molar-refractivity contribution in [2.45, 2.75) is 30.7 Å². The van der Waals surface area contributed by atoms with Gasteiger partial charge in [0.25, 0.3) is 0 Å². The van der Waals surface area contributed by atoms with Crippen LogP contribution in [0.4, 0.5) is 8.78 Å². The molecule has 0 saturated carbocycles. The van der Waals surface area contributed by atoms with Crippen LogP contribution >= 0.6 is 0 Å². The summed E-state index contributed by atoms with van der Waals surface area (Å²) in [5.74, 6) is -2.32. The van der Waals surface area contributed by atoms with Crippen molar-refractivity contribution in [3.05, 3.63) is 29.8 Å². The molecular formula is C11H15F2NO3S. The lowest BCUT2D eigenvalue weighted by Gasteiger charge is -2.15. The number of rotatable bonds is 6. The summed E-state index contributed by atoms with van der Waals surface area (Å²) in [6, 6.07) is 1.94. The molecule has 0 bridgehead atoms. The maximum absolute atomic E-state index is 13.0. The number of aliphatic hydroxyl groups excluding tert-OH is 1. The first-order chi connectivity index (χ1) is 8.40. The normalized spacial score (nSPS) is 13.6. The zero-order chi connectivity index (χ0) is 13.8. The van der Waals surface area contributed by atoms with E-state index in [1.807, 2.05) is 0 Å². The van der Waals surface area contributed by atoms with Gasteiger partial charge in [0.1, 0.15) is 0 Å². The van der Waals surface area contributed by atoms with Crippen LogP contribution in [0.25, 0.3) is 0 Å². The molecule has 0 spiro atoms. The fourth-order valence-electron chi connectivity index (χ4n) is 1.43. The second kappa shape index (κ2) is 6.21. The van der Waals surface area contributed by atoms with Gasteiger partial charge in [0.2, 0.25) is 10.0 Å². The summed E-state index contributed by atoms with van der Waals surface area (Å²) >= 11 is 0. The third kappa shape index (κ3) is 3.72. The molecule has 0 aliphatic heterocycles.